The van der Waals surface area contributed by atoms with E-state index in [0.29, 0.717) is 16.7 Å². The molecule has 0 aliphatic carbocycles. The summed E-state index contributed by atoms with van der Waals surface area (Å²) in [6.07, 6.45) is 0. The van der Waals surface area contributed by atoms with Gasteiger partial charge in [0.2, 0.25) is 10.0 Å². The highest BCUT2D eigenvalue weighted by Crippen LogP contribution is 2.33. The van der Waals surface area contributed by atoms with Crippen molar-refractivity contribution in [2.24, 2.45) is 11.8 Å². The molecule has 2 saturated heterocycles. The van der Waals surface area contributed by atoms with Crippen LogP contribution >= 0.6 is 0 Å². The minimum absolute atomic E-state index is 0.106. The zero-order valence-corrected chi connectivity index (χ0v) is 13.4. The van der Waals surface area contributed by atoms with Gasteiger partial charge in [-0.2, -0.15) is 0 Å². The van der Waals surface area contributed by atoms with Gasteiger partial charge < -0.3 is 10.2 Å². The zero-order valence-electron chi connectivity index (χ0n) is 12.5. The summed E-state index contributed by atoms with van der Waals surface area (Å²) in [6, 6.07) is 7.22. The molecular weight excluding hydrogens is 286 g/mol. The van der Waals surface area contributed by atoms with Crippen molar-refractivity contribution in [1.82, 2.24) is 10.0 Å². The molecule has 2 aliphatic rings. The summed E-state index contributed by atoms with van der Waals surface area (Å²) < 4.78 is 27.7. The van der Waals surface area contributed by atoms with Crippen molar-refractivity contribution < 1.29 is 8.42 Å². The molecule has 116 valence electrons. The summed E-state index contributed by atoms with van der Waals surface area (Å²) in [5.74, 6) is 1.28. The highest BCUT2D eigenvalue weighted by molar-refractivity contribution is 7.89. The van der Waals surface area contributed by atoms with E-state index >= 15 is 0 Å². The maximum Gasteiger partial charge on any atom is 0.242 e. The molecule has 2 aliphatic heterocycles. The van der Waals surface area contributed by atoms with Crippen molar-refractivity contribution in [2.75, 3.05) is 31.1 Å². The van der Waals surface area contributed by atoms with Gasteiger partial charge in [-0.25, -0.2) is 13.1 Å². The van der Waals surface area contributed by atoms with E-state index in [1.807, 2.05) is 26.0 Å². The zero-order chi connectivity index (χ0) is 15.0. The normalized spacial score (nSPS) is 25.6. The molecule has 5 nitrogen and oxygen atoms in total. The minimum atomic E-state index is -3.46. The molecule has 0 aromatic heterocycles. The average Bonchev–Trinajstić information content (AvgIpc) is 2.97. The van der Waals surface area contributed by atoms with E-state index in [2.05, 4.69) is 14.9 Å². The molecule has 0 radical (unpaired) electrons. The van der Waals surface area contributed by atoms with E-state index in [0.717, 1.165) is 31.9 Å². The fourth-order valence-electron chi connectivity index (χ4n) is 3.37. The first-order valence-corrected chi connectivity index (χ1v) is 9.02. The maximum atomic E-state index is 12.5. The van der Waals surface area contributed by atoms with Gasteiger partial charge in [0, 0.05) is 32.2 Å². The third-order valence-corrected chi connectivity index (χ3v) is 5.98. The fourth-order valence-corrected chi connectivity index (χ4v) is 4.85. The lowest BCUT2D eigenvalue weighted by molar-refractivity contribution is 0.533. The third-order valence-electron chi connectivity index (χ3n) is 4.28. The average molecular weight is 309 g/mol. The van der Waals surface area contributed by atoms with Gasteiger partial charge in [0.25, 0.3) is 0 Å². The van der Waals surface area contributed by atoms with Gasteiger partial charge in [0.05, 0.1) is 5.69 Å². The molecule has 2 heterocycles. The van der Waals surface area contributed by atoms with E-state index in [4.69, 9.17) is 0 Å². The third kappa shape index (κ3) is 2.93. The maximum absolute atomic E-state index is 12.5. The molecule has 21 heavy (non-hydrogen) atoms. The Kier molecular flexibility index (Phi) is 3.94. The van der Waals surface area contributed by atoms with Crippen LogP contribution in [0.5, 0.6) is 0 Å². The van der Waals surface area contributed by atoms with Gasteiger partial charge in [-0.15, -0.1) is 0 Å². The standard InChI is InChI=1S/C15H23N3O2S/c1-11(2)17-21(19,20)15-6-4-3-5-14(15)18-9-12-7-16-8-13(12)10-18/h3-6,11-13,16-17H,7-10H2,1-2H3/t12-,13+. The number of fused-ring (bicyclic) bond motifs is 1. The van der Waals surface area contributed by atoms with Crippen LogP contribution in [0.1, 0.15) is 13.8 Å². The number of sulfonamides is 1. The molecule has 2 N–H and O–H groups in total. The second-order valence-electron chi connectivity index (χ2n) is 6.33. The number of benzene rings is 1. The van der Waals surface area contributed by atoms with Gasteiger partial charge in [-0.3, -0.25) is 0 Å². The number of nitrogens with one attached hydrogen (secondary N) is 2. The van der Waals surface area contributed by atoms with Crippen molar-refractivity contribution in [1.29, 1.82) is 0 Å². The van der Waals surface area contributed by atoms with Crippen LogP contribution in [0.4, 0.5) is 5.69 Å². The molecule has 0 unspecified atom stereocenters. The monoisotopic (exact) mass is 309 g/mol. The highest BCUT2D eigenvalue weighted by atomic mass is 32.2. The van der Waals surface area contributed by atoms with Crippen molar-refractivity contribution in [3.05, 3.63) is 24.3 Å². The number of anilines is 1. The topological polar surface area (TPSA) is 61.4 Å². The van der Waals surface area contributed by atoms with Gasteiger partial charge in [-0.05, 0) is 37.8 Å². The Labute approximate surface area is 126 Å². The fraction of sp³-hybridized carbons (Fsp3) is 0.600. The molecule has 1 aromatic rings. The number of rotatable bonds is 4. The van der Waals surface area contributed by atoms with E-state index in [-0.39, 0.29) is 6.04 Å². The second kappa shape index (κ2) is 5.59. The van der Waals surface area contributed by atoms with Crippen molar-refractivity contribution in [2.45, 2.75) is 24.8 Å². The van der Waals surface area contributed by atoms with Crippen molar-refractivity contribution >= 4 is 15.7 Å². The van der Waals surface area contributed by atoms with Crippen LogP contribution in [0.3, 0.4) is 0 Å². The number of hydrogen-bond donors (Lipinski definition) is 2. The Morgan fingerprint density at radius 2 is 1.81 bits per heavy atom. The van der Waals surface area contributed by atoms with Crippen molar-refractivity contribution in [3.63, 3.8) is 0 Å². The Morgan fingerprint density at radius 3 is 2.43 bits per heavy atom. The number of hydrogen-bond acceptors (Lipinski definition) is 4. The molecule has 0 saturated carbocycles. The van der Waals surface area contributed by atoms with Crippen LogP contribution in [-0.4, -0.2) is 40.6 Å². The first kappa shape index (κ1) is 14.8. The van der Waals surface area contributed by atoms with Crippen LogP contribution in [0, 0.1) is 11.8 Å². The van der Waals surface area contributed by atoms with Crippen LogP contribution in [0.15, 0.2) is 29.2 Å². The number of nitrogens with zero attached hydrogens (tertiary/aromatic N) is 1. The summed E-state index contributed by atoms with van der Waals surface area (Å²) in [7, 11) is -3.46. The summed E-state index contributed by atoms with van der Waals surface area (Å²) in [5, 5.41) is 3.41. The lowest BCUT2D eigenvalue weighted by Crippen LogP contribution is -2.33. The summed E-state index contributed by atoms with van der Waals surface area (Å²) in [6.45, 7) is 7.64. The Morgan fingerprint density at radius 1 is 1.19 bits per heavy atom. The first-order chi connectivity index (χ1) is 9.97. The molecule has 0 amide bonds. The SMILES string of the molecule is CC(C)NS(=O)(=O)c1ccccc1N1C[C@H]2CNC[C@H]2C1. The van der Waals surface area contributed by atoms with Gasteiger partial charge in [0.1, 0.15) is 4.90 Å². The Balaban J connectivity index is 1.90. The van der Waals surface area contributed by atoms with Gasteiger partial charge >= 0.3 is 0 Å². The van der Waals surface area contributed by atoms with E-state index in [9.17, 15) is 8.42 Å². The second-order valence-corrected chi connectivity index (χ2v) is 8.01. The van der Waals surface area contributed by atoms with Crippen LogP contribution in [0.25, 0.3) is 0 Å². The molecule has 0 bridgehead atoms. The molecule has 1 aromatic carbocycles. The van der Waals surface area contributed by atoms with Crippen LogP contribution < -0.4 is 14.9 Å². The Hall–Kier alpha value is -1.11. The van der Waals surface area contributed by atoms with E-state index < -0.39 is 10.0 Å². The summed E-state index contributed by atoms with van der Waals surface area (Å²) in [4.78, 5) is 2.62. The van der Waals surface area contributed by atoms with Crippen LogP contribution in [0.2, 0.25) is 0 Å². The van der Waals surface area contributed by atoms with Crippen molar-refractivity contribution in [3.8, 4) is 0 Å². The largest absolute Gasteiger partial charge is 0.370 e. The predicted molar refractivity (Wildman–Crippen MR) is 84.0 cm³/mol. The van der Waals surface area contributed by atoms with Gasteiger partial charge in [-0.1, -0.05) is 12.1 Å². The molecule has 2 atom stereocenters. The first-order valence-electron chi connectivity index (χ1n) is 7.54. The molecule has 6 heteroatoms. The number of para-hydroxylation sites is 1. The van der Waals surface area contributed by atoms with Crippen LogP contribution in [-0.2, 0) is 10.0 Å². The molecular formula is C15H23N3O2S. The lowest BCUT2D eigenvalue weighted by Gasteiger charge is -2.23. The quantitative estimate of drug-likeness (QED) is 0.872. The minimum Gasteiger partial charge on any atom is -0.370 e. The smallest absolute Gasteiger partial charge is 0.242 e. The van der Waals surface area contributed by atoms with Gasteiger partial charge in [0.15, 0.2) is 0 Å². The van der Waals surface area contributed by atoms with E-state index in [1.54, 1.807) is 12.1 Å². The Bertz CT molecular complexity index is 603. The molecule has 2 fully saturated rings. The summed E-state index contributed by atoms with van der Waals surface area (Å²) in [5.41, 5.74) is 0.833. The van der Waals surface area contributed by atoms with E-state index in [1.165, 1.54) is 0 Å². The predicted octanol–water partition coefficient (Wildman–Crippen LogP) is 1.03. The lowest BCUT2D eigenvalue weighted by atomic mass is 10.0. The summed E-state index contributed by atoms with van der Waals surface area (Å²) >= 11 is 0. The highest BCUT2D eigenvalue weighted by Gasteiger charge is 2.37. The molecule has 3 rings (SSSR count). The molecule has 0 spiro atoms.